The van der Waals surface area contributed by atoms with Gasteiger partial charge in [-0.3, -0.25) is 4.79 Å². The molecule has 2 heterocycles. The molecule has 9 heteroatoms. The molecule has 1 aromatic carbocycles. The van der Waals surface area contributed by atoms with Crippen LogP contribution < -0.4 is 5.32 Å². The van der Waals surface area contributed by atoms with E-state index in [0.29, 0.717) is 23.4 Å². The summed E-state index contributed by atoms with van der Waals surface area (Å²) in [6.45, 7) is 2.10. The minimum Gasteiger partial charge on any atom is -0.352 e. The fourth-order valence-corrected chi connectivity index (χ4v) is 6.33. The molecule has 1 saturated heterocycles. The largest absolute Gasteiger partial charge is 0.352 e. The molecule has 2 aromatic rings. The summed E-state index contributed by atoms with van der Waals surface area (Å²) in [6.07, 6.45) is 1.44. The highest BCUT2D eigenvalue weighted by molar-refractivity contribution is 7.91. The van der Waals surface area contributed by atoms with Crippen LogP contribution in [0, 0.1) is 5.82 Å². The number of carbonyl (C=O) groups is 1. The summed E-state index contributed by atoms with van der Waals surface area (Å²) in [5.74, 6) is -0.612. The lowest BCUT2D eigenvalue weighted by Gasteiger charge is -2.31. The molecule has 0 radical (unpaired) electrons. The lowest BCUT2D eigenvalue weighted by atomic mass is 10.1. The van der Waals surface area contributed by atoms with Crippen molar-refractivity contribution in [2.45, 2.75) is 30.0 Å². The molecular weight excluding hydrogens is 399 g/mol. The first-order chi connectivity index (χ1) is 12.3. The standard InChI is InChI=1S/C17H18ClFN2O3S2/c1-11(22)20-13-3-2-8-21(10-13)26(23,24)17-7-6-16(25-17)14-5-4-12(19)9-15(14)18/h4-7,9,13H,2-3,8,10H2,1H3,(H,20,22). The third-order valence-corrected chi connectivity index (χ3v) is 7.93. The fourth-order valence-electron chi connectivity index (χ4n) is 2.99. The van der Waals surface area contributed by atoms with Crippen LogP contribution in [0.1, 0.15) is 19.8 Å². The first kappa shape index (κ1) is 19.3. The number of nitrogens with zero attached hydrogens (tertiary/aromatic N) is 1. The lowest BCUT2D eigenvalue weighted by Crippen LogP contribution is -2.48. The van der Waals surface area contributed by atoms with E-state index in [2.05, 4.69) is 5.32 Å². The monoisotopic (exact) mass is 416 g/mol. The van der Waals surface area contributed by atoms with Crippen LogP contribution in [0.4, 0.5) is 4.39 Å². The third kappa shape index (κ3) is 4.09. The fraction of sp³-hybridized carbons (Fsp3) is 0.353. The maximum absolute atomic E-state index is 13.2. The summed E-state index contributed by atoms with van der Waals surface area (Å²) in [5, 5.41) is 3.02. The Kier molecular flexibility index (Phi) is 5.67. The topological polar surface area (TPSA) is 66.5 Å². The number of carbonyl (C=O) groups excluding carboxylic acids is 1. The average Bonchev–Trinajstić information content (AvgIpc) is 3.05. The van der Waals surface area contributed by atoms with Crippen molar-refractivity contribution >= 4 is 38.9 Å². The van der Waals surface area contributed by atoms with Crippen LogP contribution in [0.3, 0.4) is 0 Å². The van der Waals surface area contributed by atoms with Crippen LogP contribution in [0.5, 0.6) is 0 Å². The van der Waals surface area contributed by atoms with Crippen molar-refractivity contribution in [2.75, 3.05) is 13.1 Å². The Balaban J connectivity index is 1.84. The van der Waals surface area contributed by atoms with Gasteiger partial charge in [0.1, 0.15) is 10.0 Å². The maximum atomic E-state index is 13.2. The van der Waals surface area contributed by atoms with Crippen LogP contribution in [0.15, 0.2) is 34.5 Å². The Hall–Kier alpha value is -1.48. The molecule has 1 aliphatic rings. The zero-order chi connectivity index (χ0) is 18.9. The van der Waals surface area contributed by atoms with Gasteiger partial charge in [0.15, 0.2) is 0 Å². The summed E-state index contributed by atoms with van der Waals surface area (Å²) in [6, 6.07) is 7.06. The van der Waals surface area contributed by atoms with Crippen LogP contribution >= 0.6 is 22.9 Å². The van der Waals surface area contributed by atoms with E-state index in [1.54, 1.807) is 6.07 Å². The van der Waals surface area contributed by atoms with Crippen molar-refractivity contribution < 1.29 is 17.6 Å². The van der Waals surface area contributed by atoms with Gasteiger partial charge in [0.2, 0.25) is 5.91 Å². The zero-order valence-corrected chi connectivity index (χ0v) is 16.4. The average molecular weight is 417 g/mol. The number of sulfonamides is 1. The Labute approximate surface area is 160 Å². The van der Waals surface area contributed by atoms with Crippen molar-refractivity contribution in [1.82, 2.24) is 9.62 Å². The molecule has 1 atom stereocenters. The molecule has 1 fully saturated rings. The van der Waals surface area contributed by atoms with Gasteiger partial charge in [0.25, 0.3) is 10.0 Å². The molecule has 1 aromatic heterocycles. The van der Waals surface area contributed by atoms with E-state index in [0.717, 1.165) is 17.8 Å². The molecule has 140 valence electrons. The molecule has 1 N–H and O–H groups in total. The van der Waals surface area contributed by atoms with Crippen molar-refractivity contribution in [1.29, 1.82) is 0 Å². The van der Waals surface area contributed by atoms with E-state index in [1.807, 2.05) is 0 Å². The van der Waals surface area contributed by atoms with Gasteiger partial charge in [-0.1, -0.05) is 11.6 Å². The van der Waals surface area contributed by atoms with Crippen molar-refractivity contribution in [3.05, 3.63) is 41.2 Å². The maximum Gasteiger partial charge on any atom is 0.252 e. The number of hydrogen-bond acceptors (Lipinski definition) is 4. The van der Waals surface area contributed by atoms with Gasteiger partial charge in [-0.05, 0) is 43.2 Å². The van der Waals surface area contributed by atoms with E-state index >= 15 is 0 Å². The highest BCUT2D eigenvalue weighted by atomic mass is 35.5. The number of halogens is 2. The molecule has 5 nitrogen and oxygen atoms in total. The number of piperidine rings is 1. The predicted molar refractivity (Wildman–Crippen MR) is 100 cm³/mol. The first-order valence-corrected chi connectivity index (χ1v) is 10.7. The highest BCUT2D eigenvalue weighted by Gasteiger charge is 2.31. The number of nitrogens with one attached hydrogen (secondary N) is 1. The van der Waals surface area contributed by atoms with Gasteiger partial charge in [-0.15, -0.1) is 11.3 Å². The molecule has 0 aliphatic carbocycles. The van der Waals surface area contributed by atoms with Gasteiger partial charge in [0, 0.05) is 36.5 Å². The van der Waals surface area contributed by atoms with Gasteiger partial charge >= 0.3 is 0 Å². The quantitative estimate of drug-likeness (QED) is 0.829. The van der Waals surface area contributed by atoms with E-state index in [1.165, 1.54) is 35.5 Å². The van der Waals surface area contributed by atoms with Crippen molar-refractivity contribution in [2.24, 2.45) is 0 Å². The minimum absolute atomic E-state index is 0.168. The molecule has 26 heavy (non-hydrogen) atoms. The summed E-state index contributed by atoms with van der Waals surface area (Å²) < 4.78 is 40.7. The molecule has 3 rings (SSSR count). The molecule has 0 saturated carbocycles. The van der Waals surface area contributed by atoms with E-state index in [-0.39, 0.29) is 27.7 Å². The summed E-state index contributed by atoms with van der Waals surface area (Å²) in [5.41, 5.74) is 0.592. The van der Waals surface area contributed by atoms with E-state index < -0.39 is 15.8 Å². The zero-order valence-electron chi connectivity index (χ0n) is 14.0. The highest BCUT2D eigenvalue weighted by Crippen LogP contribution is 2.36. The van der Waals surface area contributed by atoms with Gasteiger partial charge < -0.3 is 5.32 Å². The summed E-state index contributed by atoms with van der Waals surface area (Å²) in [4.78, 5) is 11.9. The number of amides is 1. The summed E-state index contributed by atoms with van der Waals surface area (Å²) >= 11 is 7.17. The molecular formula is C17H18ClFN2O3S2. The first-order valence-electron chi connectivity index (χ1n) is 8.10. The number of benzene rings is 1. The van der Waals surface area contributed by atoms with Crippen molar-refractivity contribution in [3.63, 3.8) is 0 Å². The Morgan fingerprint density at radius 1 is 1.35 bits per heavy atom. The lowest BCUT2D eigenvalue weighted by molar-refractivity contribution is -0.119. The minimum atomic E-state index is -3.66. The molecule has 1 unspecified atom stereocenters. The Morgan fingerprint density at radius 3 is 2.81 bits per heavy atom. The number of hydrogen-bond donors (Lipinski definition) is 1. The molecule has 1 aliphatic heterocycles. The second kappa shape index (κ2) is 7.64. The Morgan fingerprint density at radius 2 is 2.12 bits per heavy atom. The van der Waals surface area contributed by atoms with Gasteiger partial charge in [-0.25, -0.2) is 12.8 Å². The van der Waals surface area contributed by atoms with E-state index in [9.17, 15) is 17.6 Å². The SMILES string of the molecule is CC(=O)NC1CCCN(S(=O)(=O)c2ccc(-c3ccc(F)cc3Cl)s2)C1. The Bertz CT molecular complexity index is 930. The number of rotatable bonds is 4. The van der Waals surface area contributed by atoms with Crippen LogP contribution in [0.2, 0.25) is 5.02 Å². The van der Waals surface area contributed by atoms with Crippen LogP contribution in [-0.2, 0) is 14.8 Å². The molecule has 0 bridgehead atoms. The summed E-state index contributed by atoms with van der Waals surface area (Å²) in [7, 11) is -3.66. The van der Waals surface area contributed by atoms with Crippen molar-refractivity contribution in [3.8, 4) is 10.4 Å². The van der Waals surface area contributed by atoms with Crippen LogP contribution in [0.25, 0.3) is 10.4 Å². The second-order valence-corrected chi connectivity index (χ2v) is 9.80. The van der Waals surface area contributed by atoms with Crippen LogP contribution in [-0.4, -0.2) is 37.8 Å². The predicted octanol–water partition coefficient (Wildman–Crippen LogP) is 3.50. The van der Waals surface area contributed by atoms with Gasteiger partial charge in [0.05, 0.1) is 5.02 Å². The third-order valence-electron chi connectivity index (χ3n) is 4.16. The number of thiophene rings is 1. The smallest absolute Gasteiger partial charge is 0.252 e. The van der Waals surface area contributed by atoms with Gasteiger partial charge in [-0.2, -0.15) is 4.31 Å². The normalized spacial score (nSPS) is 18.7. The van der Waals surface area contributed by atoms with E-state index in [4.69, 9.17) is 11.6 Å². The molecule has 0 spiro atoms. The second-order valence-electron chi connectivity index (χ2n) is 6.15. The molecule has 1 amide bonds.